The Balaban J connectivity index is 1.67. The van der Waals surface area contributed by atoms with Crippen molar-refractivity contribution in [3.8, 4) is 0 Å². The summed E-state index contributed by atoms with van der Waals surface area (Å²) in [6.45, 7) is 1.69. The lowest BCUT2D eigenvalue weighted by molar-refractivity contribution is -0.113. The minimum atomic E-state index is -3.59. The second-order valence-corrected chi connectivity index (χ2v) is 8.98. The summed E-state index contributed by atoms with van der Waals surface area (Å²) in [7, 11) is -2.25. The number of aryl methyl sites for hydroxylation is 1. The van der Waals surface area contributed by atoms with Gasteiger partial charge in [-0.1, -0.05) is 29.4 Å². The lowest BCUT2D eigenvalue weighted by Gasteiger charge is -2.10. The molecule has 142 valence electrons. The van der Waals surface area contributed by atoms with Gasteiger partial charge in [-0.25, -0.2) is 18.1 Å². The van der Waals surface area contributed by atoms with E-state index in [0.717, 1.165) is 11.0 Å². The van der Waals surface area contributed by atoms with E-state index in [-0.39, 0.29) is 16.6 Å². The van der Waals surface area contributed by atoms with Crippen LogP contribution in [-0.2, 0) is 14.8 Å². The number of thioether (sulfide) groups is 1. The van der Waals surface area contributed by atoms with Crippen molar-refractivity contribution in [1.29, 1.82) is 0 Å². The number of aromatic nitrogens is 2. The molecule has 0 bridgehead atoms. The monoisotopic (exact) mass is 424 g/mol. The maximum atomic E-state index is 12.2. The molecular formula is C17H17ClN4O3S2. The Hall–Kier alpha value is -2.07. The quantitative estimate of drug-likeness (QED) is 0.527. The Morgan fingerprint density at radius 3 is 2.78 bits per heavy atom. The summed E-state index contributed by atoms with van der Waals surface area (Å²) in [4.78, 5) is 19.8. The summed E-state index contributed by atoms with van der Waals surface area (Å²) in [5, 5.41) is 3.91. The van der Waals surface area contributed by atoms with Gasteiger partial charge in [0.05, 0.1) is 21.7 Å². The molecule has 0 aliphatic rings. The van der Waals surface area contributed by atoms with E-state index < -0.39 is 10.0 Å². The Bertz CT molecular complexity index is 1110. The number of carbonyl (C=O) groups is 1. The maximum absolute atomic E-state index is 12.2. The number of hydrogen-bond donors (Lipinski definition) is 3. The predicted octanol–water partition coefficient (Wildman–Crippen LogP) is 3.16. The number of imidazole rings is 1. The van der Waals surface area contributed by atoms with Crippen molar-refractivity contribution in [2.75, 3.05) is 18.1 Å². The topological polar surface area (TPSA) is 104 Å². The average molecular weight is 425 g/mol. The highest BCUT2D eigenvalue weighted by Crippen LogP contribution is 2.23. The fourth-order valence-corrected chi connectivity index (χ4v) is 4.29. The second kappa shape index (κ2) is 7.89. The molecule has 0 saturated heterocycles. The number of anilines is 1. The van der Waals surface area contributed by atoms with Gasteiger partial charge in [0.2, 0.25) is 15.9 Å². The molecule has 0 spiro atoms. The highest BCUT2D eigenvalue weighted by Gasteiger charge is 2.16. The van der Waals surface area contributed by atoms with Crippen LogP contribution in [0.25, 0.3) is 11.0 Å². The van der Waals surface area contributed by atoms with Crippen molar-refractivity contribution >= 4 is 56.0 Å². The first kappa shape index (κ1) is 19.7. The number of benzene rings is 2. The third kappa shape index (κ3) is 4.62. The van der Waals surface area contributed by atoms with Gasteiger partial charge in [0, 0.05) is 10.7 Å². The minimum Gasteiger partial charge on any atom is -0.333 e. The van der Waals surface area contributed by atoms with E-state index in [1.807, 2.05) is 0 Å². The van der Waals surface area contributed by atoms with Crippen LogP contribution >= 0.6 is 23.4 Å². The Morgan fingerprint density at radius 2 is 2.04 bits per heavy atom. The largest absolute Gasteiger partial charge is 0.333 e. The van der Waals surface area contributed by atoms with Crippen molar-refractivity contribution in [3.05, 3.63) is 47.0 Å². The number of sulfonamides is 1. The molecule has 10 heteroatoms. The fraction of sp³-hybridized carbons (Fsp3) is 0.176. The molecule has 0 aliphatic heterocycles. The molecule has 3 aromatic rings. The molecule has 1 amide bonds. The summed E-state index contributed by atoms with van der Waals surface area (Å²) in [6, 6.07) is 10.1. The molecule has 2 aromatic carbocycles. The van der Waals surface area contributed by atoms with Crippen LogP contribution in [0.2, 0.25) is 5.02 Å². The van der Waals surface area contributed by atoms with Gasteiger partial charge in [0.1, 0.15) is 0 Å². The summed E-state index contributed by atoms with van der Waals surface area (Å²) in [5.41, 5.74) is 2.57. The zero-order chi connectivity index (χ0) is 19.6. The zero-order valence-corrected chi connectivity index (χ0v) is 16.9. The number of fused-ring (bicyclic) bond motifs is 1. The van der Waals surface area contributed by atoms with Crippen molar-refractivity contribution in [3.63, 3.8) is 0 Å². The molecule has 0 radical (unpaired) electrons. The zero-order valence-electron chi connectivity index (χ0n) is 14.5. The fourth-order valence-electron chi connectivity index (χ4n) is 2.44. The van der Waals surface area contributed by atoms with Crippen LogP contribution in [0.3, 0.4) is 0 Å². The highest BCUT2D eigenvalue weighted by atomic mass is 35.5. The number of amides is 1. The normalized spacial score (nSPS) is 11.7. The van der Waals surface area contributed by atoms with Gasteiger partial charge < -0.3 is 10.3 Å². The Labute approximate surface area is 166 Å². The van der Waals surface area contributed by atoms with Crippen LogP contribution in [0.15, 0.2) is 46.5 Å². The molecule has 0 atom stereocenters. The summed E-state index contributed by atoms with van der Waals surface area (Å²) >= 11 is 7.19. The number of aromatic amines is 1. The van der Waals surface area contributed by atoms with Gasteiger partial charge in [0.15, 0.2) is 5.16 Å². The van der Waals surface area contributed by atoms with E-state index in [4.69, 9.17) is 11.6 Å². The molecule has 0 aliphatic carbocycles. The summed E-state index contributed by atoms with van der Waals surface area (Å²) in [5.74, 6) is -0.148. The highest BCUT2D eigenvalue weighted by molar-refractivity contribution is 7.99. The first-order chi connectivity index (χ1) is 12.8. The van der Waals surface area contributed by atoms with Crippen LogP contribution in [0.1, 0.15) is 5.56 Å². The predicted molar refractivity (Wildman–Crippen MR) is 108 cm³/mol. The number of H-pyrrole nitrogens is 1. The number of hydrogen-bond acceptors (Lipinski definition) is 5. The molecule has 3 rings (SSSR count). The molecule has 3 N–H and O–H groups in total. The van der Waals surface area contributed by atoms with Crippen molar-refractivity contribution in [2.45, 2.75) is 17.0 Å². The van der Waals surface area contributed by atoms with E-state index in [1.54, 1.807) is 37.3 Å². The van der Waals surface area contributed by atoms with Crippen LogP contribution in [0.5, 0.6) is 0 Å². The number of carbonyl (C=O) groups excluding carboxylic acids is 1. The van der Waals surface area contributed by atoms with Gasteiger partial charge in [0.25, 0.3) is 0 Å². The lowest BCUT2D eigenvalue weighted by atomic mass is 10.2. The molecule has 0 fully saturated rings. The van der Waals surface area contributed by atoms with Crippen molar-refractivity contribution in [2.24, 2.45) is 0 Å². The molecule has 0 saturated carbocycles. The van der Waals surface area contributed by atoms with Gasteiger partial charge in [-0.2, -0.15) is 0 Å². The van der Waals surface area contributed by atoms with Gasteiger partial charge >= 0.3 is 0 Å². The van der Waals surface area contributed by atoms with E-state index in [1.165, 1.54) is 24.9 Å². The van der Waals surface area contributed by atoms with Crippen LogP contribution in [-0.4, -0.2) is 37.1 Å². The maximum Gasteiger partial charge on any atom is 0.240 e. The SMILES string of the molecule is CNS(=O)(=O)c1cc(NC(=O)CSc2nc3ccc(Cl)cc3[nH]2)ccc1C. The molecule has 1 heterocycles. The number of nitrogens with zero attached hydrogens (tertiary/aromatic N) is 1. The van der Waals surface area contributed by atoms with Crippen molar-refractivity contribution < 1.29 is 13.2 Å². The van der Waals surface area contributed by atoms with Gasteiger partial charge in [-0.3, -0.25) is 4.79 Å². The molecule has 7 nitrogen and oxygen atoms in total. The van der Waals surface area contributed by atoms with E-state index in [2.05, 4.69) is 20.0 Å². The third-order valence-electron chi connectivity index (χ3n) is 3.79. The first-order valence-corrected chi connectivity index (χ1v) is 10.8. The van der Waals surface area contributed by atoms with E-state index in [0.29, 0.717) is 21.4 Å². The molecule has 1 aromatic heterocycles. The molecular weight excluding hydrogens is 408 g/mol. The van der Waals surface area contributed by atoms with Crippen LogP contribution in [0.4, 0.5) is 5.69 Å². The molecule has 27 heavy (non-hydrogen) atoms. The average Bonchev–Trinajstić information content (AvgIpc) is 3.03. The van der Waals surface area contributed by atoms with E-state index in [9.17, 15) is 13.2 Å². The van der Waals surface area contributed by atoms with Gasteiger partial charge in [-0.05, 0) is 49.9 Å². The second-order valence-electron chi connectivity index (χ2n) is 5.73. The lowest BCUT2D eigenvalue weighted by Crippen LogP contribution is -2.20. The van der Waals surface area contributed by atoms with Gasteiger partial charge in [-0.15, -0.1) is 0 Å². The third-order valence-corrected chi connectivity index (χ3v) is 6.46. The van der Waals surface area contributed by atoms with Crippen LogP contribution in [0, 0.1) is 6.92 Å². The number of halogens is 1. The Kier molecular flexibility index (Phi) is 5.75. The van der Waals surface area contributed by atoms with E-state index >= 15 is 0 Å². The van der Waals surface area contributed by atoms with Crippen LogP contribution < -0.4 is 10.0 Å². The number of nitrogens with one attached hydrogen (secondary N) is 3. The summed E-state index contributed by atoms with van der Waals surface area (Å²) < 4.78 is 26.3. The number of rotatable bonds is 6. The molecule has 0 unspecified atom stereocenters. The van der Waals surface area contributed by atoms with Crippen molar-refractivity contribution in [1.82, 2.24) is 14.7 Å². The summed E-state index contributed by atoms with van der Waals surface area (Å²) in [6.07, 6.45) is 0. The standard InChI is InChI=1S/C17H17ClN4O3S2/c1-10-3-5-12(8-15(10)27(24,25)19-2)20-16(23)9-26-17-21-13-6-4-11(18)7-14(13)22-17/h3-8,19H,9H2,1-2H3,(H,20,23)(H,21,22). The first-order valence-electron chi connectivity index (χ1n) is 7.90. The Morgan fingerprint density at radius 1 is 1.26 bits per heavy atom. The minimum absolute atomic E-state index is 0.121. The smallest absolute Gasteiger partial charge is 0.240 e.